The summed E-state index contributed by atoms with van der Waals surface area (Å²) in [6, 6.07) is 6.83. The molecular weight excluding hydrogens is 481 g/mol. The summed E-state index contributed by atoms with van der Waals surface area (Å²) in [7, 11) is 1.60. The van der Waals surface area contributed by atoms with Gasteiger partial charge in [0.15, 0.2) is 0 Å². The monoisotopic (exact) mass is 512 g/mol. The van der Waals surface area contributed by atoms with Crippen LogP contribution in [0.2, 0.25) is 0 Å². The highest BCUT2D eigenvalue weighted by Gasteiger charge is 2.34. The van der Waals surface area contributed by atoms with E-state index in [-0.39, 0.29) is 12.0 Å². The first kappa shape index (κ1) is 26.9. The zero-order chi connectivity index (χ0) is 26.6. The van der Waals surface area contributed by atoms with Gasteiger partial charge in [-0.15, -0.1) is 0 Å². The average Bonchev–Trinajstić information content (AvgIpc) is 2.89. The van der Waals surface area contributed by atoms with E-state index in [0.29, 0.717) is 63.2 Å². The topological polar surface area (TPSA) is 65.8 Å². The van der Waals surface area contributed by atoms with Crippen LogP contribution in [0.4, 0.5) is 13.2 Å². The summed E-state index contributed by atoms with van der Waals surface area (Å²) in [5.74, 6) is 2.93. The maximum absolute atomic E-state index is 13.8. The van der Waals surface area contributed by atoms with Crippen LogP contribution in [0.25, 0.3) is 10.9 Å². The molecular formula is C29H31F3N2O3. The van der Waals surface area contributed by atoms with Gasteiger partial charge in [-0.1, -0.05) is 11.8 Å². The molecule has 0 amide bonds. The predicted octanol–water partition coefficient (Wildman–Crippen LogP) is 4.91. The van der Waals surface area contributed by atoms with Crippen molar-refractivity contribution in [2.75, 3.05) is 33.4 Å². The molecule has 1 aliphatic heterocycles. The lowest BCUT2D eigenvalue weighted by Gasteiger charge is -2.40. The van der Waals surface area contributed by atoms with Crippen LogP contribution in [0, 0.1) is 41.6 Å². The highest BCUT2D eigenvalue weighted by Crippen LogP contribution is 2.39. The molecule has 2 N–H and O–H groups in total. The molecule has 4 rings (SSSR count). The van der Waals surface area contributed by atoms with Crippen molar-refractivity contribution in [2.45, 2.75) is 38.7 Å². The van der Waals surface area contributed by atoms with Gasteiger partial charge < -0.3 is 14.9 Å². The molecule has 0 bridgehead atoms. The molecule has 1 aliphatic rings. The van der Waals surface area contributed by atoms with Crippen molar-refractivity contribution in [3.8, 4) is 17.6 Å². The molecule has 2 heterocycles. The van der Waals surface area contributed by atoms with Crippen molar-refractivity contribution >= 4 is 10.9 Å². The molecule has 0 spiro atoms. The van der Waals surface area contributed by atoms with Crippen molar-refractivity contribution in [3.63, 3.8) is 0 Å². The number of piperidine rings is 1. The Hall–Kier alpha value is -3.12. The van der Waals surface area contributed by atoms with Crippen LogP contribution >= 0.6 is 0 Å². The van der Waals surface area contributed by atoms with Gasteiger partial charge >= 0.3 is 0 Å². The number of benzene rings is 2. The van der Waals surface area contributed by atoms with Crippen LogP contribution in [0.5, 0.6) is 5.75 Å². The van der Waals surface area contributed by atoms with Gasteiger partial charge in [-0.3, -0.25) is 9.88 Å². The van der Waals surface area contributed by atoms with E-state index in [9.17, 15) is 23.4 Å². The number of nitrogens with zero attached hydrogens (tertiary/aromatic N) is 2. The number of aromatic nitrogens is 1. The van der Waals surface area contributed by atoms with E-state index in [2.05, 4.69) is 21.7 Å². The Morgan fingerprint density at radius 3 is 2.49 bits per heavy atom. The number of aliphatic hydroxyl groups excluding tert-OH is 2. The number of rotatable bonds is 7. The first-order chi connectivity index (χ1) is 17.7. The summed E-state index contributed by atoms with van der Waals surface area (Å²) < 4.78 is 46.0. The van der Waals surface area contributed by atoms with E-state index in [4.69, 9.17) is 4.74 Å². The third kappa shape index (κ3) is 6.07. The van der Waals surface area contributed by atoms with Gasteiger partial charge in [-0.25, -0.2) is 13.2 Å². The van der Waals surface area contributed by atoms with Crippen LogP contribution in [-0.2, 0) is 0 Å². The number of likely N-dealkylation sites (tertiary alicyclic amines) is 1. The Kier molecular flexibility index (Phi) is 8.38. The minimum atomic E-state index is -1.02. The lowest BCUT2D eigenvalue weighted by molar-refractivity contribution is 0.0273. The van der Waals surface area contributed by atoms with Crippen molar-refractivity contribution < 1.29 is 28.1 Å². The van der Waals surface area contributed by atoms with Crippen molar-refractivity contribution in [1.29, 1.82) is 0 Å². The lowest BCUT2D eigenvalue weighted by atomic mass is 9.74. The van der Waals surface area contributed by atoms with E-state index >= 15 is 0 Å². The van der Waals surface area contributed by atoms with Gasteiger partial charge in [0.1, 0.15) is 23.2 Å². The van der Waals surface area contributed by atoms with Crippen molar-refractivity contribution in [2.24, 2.45) is 5.41 Å². The third-order valence-corrected chi connectivity index (χ3v) is 7.37. The summed E-state index contributed by atoms with van der Waals surface area (Å²) in [5, 5.41) is 22.3. The second-order valence-corrected chi connectivity index (χ2v) is 9.77. The smallest absolute Gasteiger partial charge is 0.144 e. The number of ether oxygens (including phenoxy) is 1. The Labute approximate surface area is 214 Å². The first-order valence-electron chi connectivity index (χ1n) is 12.3. The molecule has 0 radical (unpaired) electrons. The van der Waals surface area contributed by atoms with E-state index in [1.807, 2.05) is 25.1 Å². The maximum atomic E-state index is 13.8. The molecule has 8 heteroatoms. The number of fused-ring (bicyclic) bond motifs is 1. The van der Waals surface area contributed by atoms with Gasteiger partial charge in [0, 0.05) is 30.3 Å². The largest absolute Gasteiger partial charge is 0.497 e. The minimum Gasteiger partial charge on any atom is -0.497 e. The van der Waals surface area contributed by atoms with Gasteiger partial charge in [0.05, 0.1) is 30.8 Å². The Morgan fingerprint density at radius 1 is 1.14 bits per heavy atom. The fraction of sp³-hybridized carbons (Fsp3) is 0.414. The van der Waals surface area contributed by atoms with E-state index in [1.165, 1.54) is 0 Å². The molecule has 2 aromatic carbocycles. The van der Waals surface area contributed by atoms with Gasteiger partial charge in [-0.2, -0.15) is 0 Å². The Morgan fingerprint density at radius 2 is 1.84 bits per heavy atom. The van der Waals surface area contributed by atoms with Crippen LogP contribution in [0.3, 0.4) is 0 Å². The van der Waals surface area contributed by atoms with Crippen LogP contribution < -0.4 is 4.74 Å². The fourth-order valence-corrected chi connectivity index (χ4v) is 5.02. The third-order valence-electron chi connectivity index (χ3n) is 7.37. The summed E-state index contributed by atoms with van der Waals surface area (Å²) in [6.45, 7) is 3.57. The summed E-state index contributed by atoms with van der Waals surface area (Å²) in [5.41, 5.74) is 1.74. The number of aliphatic hydroxyl groups is 2. The zero-order valence-corrected chi connectivity index (χ0v) is 21.0. The zero-order valence-electron chi connectivity index (χ0n) is 21.0. The predicted molar refractivity (Wildman–Crippen MR) is 136 cm³/mol. The average molecular weight is 513 g/mol. The second kappa shape index (κ2) is 11.5. The molecule has 1 atom stereocenters. The molecule has 0 saturated carbocycles. The minimum absolute atomic E-state index is 0.00907. The highest BCUT2D eigenvalue weighted by atomic mass is 19.1. The summed E-state index contributed by atoms with van der Waals surface area (Å²) in [6.07, 6.45) is 3.59. The van der Waals surface area contributed by atoms with Crippen LogP contribution in [0.15, 0.2) is 36.5 Å². The van der Waals surface area contributed by atoms with Crippen molar-refractivity contribution in [3.05, 3.63) is 70.7 Å². The van der Waals surface area contributed by atoms with Crippen LogP contribution in [0.1, 0.15) is 48.5 Å². The maximum Gasteiger partial charge on any atom is 0.144 e. The summed E-state index contributed by atoms with van der Waals surface area (Å²) in [4.78, 5) is 6.52. The van der Waals surface area contributed by atoms with Crippen LogP contribution in [-0.4, -0.2) is 53.4 Å². The van der Waals surface area contributed by atoms with Gasteiger partial charge in [0.25, 0.3) is 0 Å². The van der Waals surface area contributed by atoms with E-state index < -0.39 is 29.1 Å². The van der Waals surface area contributed by atoms with E-state index in [1.54, 1.807) is 13.3 Å². The molecule has 5 nitrogen and oxygen atoms in total. The second-order valence-electron chi connectivity index (χ2n) is 9.77. The molecule has 196 valence electrons. The quantitative estimate of drug-likeness (QED) is 0.441. The van der Waals surface area contributed by atoms with Gasteiger partial charge in [0.2, 0.25) is 0 Å². The molecule has 0 unspecified atom stereocenters. The first-order valence-corrected chi connectivity index (χ1v) is 12.3. The number of hydrogen-bond acceptors (Lipinski definition) is 5. The molecule has 0 aliphatic carbocycles. The Bertz CT molecular complexity index is 1300. The number of pyridine rings is 1. The molecule has 3 aromatic rings. The summed E-state index contributed by atoms with van der Waals surface area (Å²) >= 11 is 0. The van der Waals surface area contributed by atoms with E-state index in [0.717, 1.165) is 22.0 Å². The lowest BCUT2D eigenvalue weighted by Crippen LogP contribution is -2.42. The SMILES string of the molecule is COc1ccc2ncc(C)c([C@H](O)CCC3(CO)CCN(CC#Cc4c(F)cc(F)cc4F)CC3)c2c1. The number of aryl methyl sites for hydroxylation is 1. The Balaban J connectivity index is 1.38. The van der Waals surface area contributed by atoms with Crippen molar-refractivity contribution in [1.82, 2.24) is 9.88 Å². The molecule has 1 aromatic heterocycles. The fourth-order valence-electron chi connectivity index (χ4n) is 5.02. The molecule has 1 saturated heterocycles. The standard InChI is InChI=1S/C29H31F3N2O3/c1-19-17-33-26-6-5-21(37-2)16-23(26)28(19)27(36)7-8-29(18-35)9-12-34(13-10-29)11-3-4-22-24(31)14-20(30)15-25(22)32/h5-6,14-17,27,35-36H,7-13,18H2,1-2H3/t27-/m1/s1. The molecule has 1 fully saturated rings. The molecule has 37 heavy (non-hydrogen) atoms. The normalized spacial score (nSPS) is 16.3. The number of hydrogen-bond donors (Lipinski definition) is 2. The number of methoxy groups -OCH3 is 1. The number of halogens is 3. The highest BCUT2D eigenvalue weighted by molar-refractivity contribution is 5.84. The van der Waals surface area contributed by atoms with Gasteiger partial charge in [-0.05, 0) is 80.4 Å².